The number of ether oxygens (including phenoxy) is 1. The summed E-state index contributed by atoms with van der Waals surface area (Å²) in [4.78, 5) is 10.5. The minimum Gasteiger partial charge on any atom is -0.479 e. The molecule has 0 aliphatic carbocycles. The van der Waals surface area contributed by atoms with Crippen molar-refractivity contribution in [2.45, 2.75) is 19.6 Å². The number of nitrogens with two attached hydrogens (primary N) is 1. The van der Waals surface area contributed by atoms with Gasteiger partial charge in [0.25, 0.3) is 0 Å². The Morgan fingerprint density at radius 1 is 1.67 bits per heavy atom. The highest BCUT2D eigenvalue weighted by molar-refractivity contribution is 5.72. The van der Waals surface area contributed by atoms with Crippen LogP contribution in [-0.4, -0.2) is 17.2 Å². The van der Waals surface area contributed by atoms with E-state index in [-0.39, 0.29) is 12.3 Å². The predicted molar refractivity (Wildman–Crippen MR) is 52.0 cm³/mol. The van der Waals surface area contributed by atoms with Crippen LogP contribution in [0.3, 0.4) is 0 Å². The third kappa shape index (κ3) is 2.66. The molecule has 0 aromatic heterocycles. The van der Waals surface area contributed by atoms with Crippen LogP contribution >= 0.6 is 0 Å². The van der Waals surface area contributed by atoms with Crippen LogP contribution in [0.5, 0.6) is 5.75 Å². The Labute approximate surface area is 86.5 Å². The number of hydrogen-bond acceptors (Lipinski definition) is 3. The Kier molecular flexibility index (Phi) is 3.62. The normalized spacial score (nSPS) is 12.2. The number of rotatable bonds is 4. The van der Waals surface area contributed by atoms with Gasteiger partial charge in [-0.15, -0.1) is 0 Å². The van der Waals surface area contributed by atoms with E-state index in [1.54, 1.807) is 6.07 Å². The number of hydrogen-bond donors (Lipinski definition) is 2. The van der Waals surface area contributed by atoms with E-state index in [4.69, 9.17) is 15.6 Å². The molecular formula is C10H12FNO3. The van der Waals surface area contributed by atoms with Gasteiger partial charge < -0.3 is 15.6 Å². The number of halogens is 1. The summed E-state index contributed by atoms with van der Waals surface area (Å²) < 4.78 is 18.3. The lowest BCUT2D eigenvalue weighted by Gasteiger charge is -2.14. The van der Waals surface area contributed by atoms with Gasteiger partial charge in [-0.1, -0.05) is 12.1 Å². The molecule has 1 aromatic carbocycles. The standard InChI is InChI=1S/C10H12FNO3/c1-6(10(13)14)15-9-7(5-12)3-2-4-8(9)11/h2-4,6H,5,12H2,1H3,(H,13,14). The molecule has 0 saturated carbocycles. The van der Waals surface area contributed by atoms with Gasteiger partial charge in [-0.3, -0.25) is 0 Å². The van der Waals surface area contributed by atoms with Gasteiger partial charge in [0.1, 0.15) is 0 Å². The molecule has 0 bridgehead atoms. The summed E-state index contributed by atoms with van der Waals surface area (Å²) in [6.45, 7) is 1.43. The Morgan fingerprint density at radius 2 is 2.33 bits per heavy atom. The molecule has 0 amide bonds. The third-order valence-electron chi connectivity index (χ3n) is 1.91. The monoisotopic (exact) mass is 213 g/mol. The van der Waals surface area contributed by atoms with E-state index in [0.29, 0.717) is 5.56 Å². The largest absolute Gasteiger partial charge is 0.479 e. The molecule has 0 aliphatic heterocycles. The van der Waals surface area contributed by atoms with Crippen molar-refractivity contribution in [1.82, 2.24) is 0 Å². The Balaban J connectivity index is 2.97. The first-order valence-corrected chi connectivity index (χ1v) is 4.43. The van der Waals surface area contributed by atoms with E-state index in [0.717, 1.165) is 0 Å². The van der Waals surface area contributed by atoms with Crippen molar-refractivity contribution in [3.63, 3.8) is 0 Å². The zero-order valence-electron chi connectivity index (χ0n) is 8.24. The lowest BCUT2D eigenvalue weighted by atomic mass is 10.2. The van der Waals surface area contributed by atoms with E-state index >= 15 is 0 Å². The zero-order valence-corrected chi connectivity index (χ0v) is 8.24. The number of aliphatic carboxylic acids is 1. The molecule has 0 saturated heterocycles. The first-order chi connectivity index (χ1) is 7.06. The molecule has 4 nitrogen and oxygen atoms in total. The van der Waals surface area contributed by atoms with Gasteiger partial charge in [-0.2, -0.15) is 0 Å². The van der Waals surface area contributed by atoms with Crippen LogP contribution in [0.15, 0.2) is 18.2 Å². The van der Waals surface area contributed by atoms with Gasteiger partial charge in [-0.05, 0) is 13.0 Å². The van der Waals surface area contributed by atoms with Crippen LogP contribution in [-0.2, 0) is 11.3 Å². The van der Waals surface area contributed by atoms with E-state index in [2.05, 4.69) is 0 Å². The molecule has 0 spiro atoms. The minimum atomic E-state index is -1.15. The van der Waals surface area contributed by atoms with Crippen molar-refractivity contribution in [3.05, 3.63) is 29.6 Å². The minimum absolute atomic E-state index is 0.0881. The Morgan fingerprint density at radius 3 is 2.87 bits per heavy atom. The van der Waals surface area contributed by atoms with Crippen molar-refractivity contribution in [1.29, 1.82) is 0 Å². The first-order valence-electron chi connectivity index (χ1n) is 4.43. The zero-order chi connectivity index (χ0) is 11.4. The van der Waals surface area contributed by atoms with Crippen LogP contribution in [0.2, 0.25) is 0 Å². The predicted octanol–water partition coefficient (Wildman–Crippen LogP) is 1.14. The number of carbonyl (C=O) groups is 1. The van der Waals surface area contributed by atoms with E-state index in [9.17, 15) is 9.18 Å². The summed E-state index contributed by atoms with van der Waals surface area (Å²) in [6.07, 6.45) is -1.10. The van der Waals surface area contributed by atoms with Gasteiger partial charge in [0, 0.05) is 12.1 Å². The molecular weight excluding hydrogens is 201 g/mol. The van der Waals surface area contributed by atoms with Crippen molar-refractivity contribution in [2.75, 3.05) is 0 Å². The van der Waals surface area contributed by atoms with E-state index in [1.807, 2.05) is 0 Å². The molecule has 3 N–H and O–H groups in total. The molecule has 1 aromatic rings. The average Bonchev–Trinajstić information content (AvgIpc) is 2.20. The van der Waals surface area contributed by atoms with Gasteiger partial charge in [0.15, 0.2) is 17.7 Å². The Hall–Kier alpha value is -1.62. The maximum Gasteiger partial charge on any atom is 0.344 e. The number of carboxylic acids is 1. The van der Waals surface area contributed by atoms with Gasteiger partial charge in [-0.25, -0.2) is 9.18 Å². The fraction of sp³-hybridized carbons (Fsp3) is 0.300. The highest BCUT2D eigenvalue weighted by Crippen LogP contribution is 2.23. The SMILES string of the molecule is CC(Oc1c(F)cccc1CN)C(=O)O. The lowest BCUT2D eigenvalue weighted by molar-refractivity contribution is -0.144. The van der Waals surface area contributed by atoms with Gasteiger partial charge >= 0.3 is 5.97 Å². The van der Waals surface area contributed by atoms with E-state index < -0.39 is 17.9 Å². The maximum atomic E-state index is 13.3. The second kappa shape index (κ2) is 4.75. The highest BCUT2D eigenvalue weighted by Gasteiger charge is 2.17. The third-order valence-corrected chi connectivity index (χ3v) is 1.91. The molecule has 82 valence electrons. The summed E-state index contributed by atoms with van der Waals surface area (Å²) in [5, 5.41) is 8.62. The van der Waals surface area contributed by atoms with Crippen LogP contribution in [0.1, 0.15) is 12.5 Å². The lowest BCUT2D eigenvalue weighted by Crippen LogP contribution is -2.24. The molecule has 0 heterocycles. The van der Waals surface area contributed by atoms with Crippen LogP contribution in [0.4, 0.5) is 4.39 Å². The molecule has 1 atom stereocenters. The van der Waals surface area contributed by atoms with Crippen LogP contribution in [0.25, 0.3) is 0 Å². The van der Waals surface area contributed by atoms with Crippen LogP contribution < -0.4 is 10.5 Å². The first kappa shape index (κ1) is 11.5. The molecule has 1 rings (SSSR count). The summed E-state index contributed by atoms with van der Waals surface area (Å²) in [6, 6.07) is 4.28. The average molecular weight is 213 g/mol. The molecule has 5 heteroatoms. The van der Waals surface area contributed by atoms with E-state index in [1.165, 1.54) is 19.1 Å². The van der Waals surface area contributed by atoms with Crippen molar-refractivity contribution < 1.29 is 19.0 Å². The Bertz CT molecular complexity index is 368. The number of benzene rings is 1. The van der Waals surface area contributed by atoms with Crippen LogP contribution in [0, 0.1) is 5.82 Å². The quantitative estimate of drug-likeness (QED) is 0.786. The summed E-state index contributed by atoms with van der Waals surface area (Å²) in [5.41, 5.74) is 5.82. The van der Waals surface area contributed by atoms with Crippen molar-refractivity contribution in [3.8, 4) is 5.75 Å². The topological polar surface area (TPSA) is 72.5 Å². The summed E-state index contributed by atoms with van der Waals surface area (Å²) in [7, 11) is 0. The summed E-state index contributed by atoms with van der Waals surface area (Å²) >= 11 is 0. The molecule has 0 aliphatic rings. The molecule has 0 radical (unpaired) electrons. The highest BCUT2D eigenvalue weighted by atomic mass is 19.1. The molecule has 1 unspecified atom stereocenters. The van der Waals surface area contributed by atoms with Gasteiger partial charge in [0.2, 0.25) is 0 Å². The van der Waals surface area contributed by atoms with Crippen molar-refractivity contribution in [2.24, 2.45) is 5.73 Å². The smallest absolute Gasteiger partial charge is 0.344 e. The van der Waals surface area contributed by atoms with Gasteiger partial charge in [0.05, 0.1) is 0 Å². The fourth-order valence-corrected chi connectivity index (χ4v) is 1.07. The molecule has 0 fully saturated rings. The summed E-state index contributed by atoms with van der Waals surface area (Å²) in [5.74, 6) is -1.85. The second-order valence-corrected chi connectivity index (χ2v) is 3.03. The number of carboxylic acid groups (broad SMARTS) is 1. The maximum absolute atomic E-state index is 13.3. The second-order valence-electron chi connectivity index (χ2n) is 3.03. The fourth-order valence-electron chi connectivity index (χ4n) is 1.07. The number of para-hydroxylation sites is 1. The molecule has 15 heavy (non-hydrogen) atoms. The van der Waals surface area contributed by atoms with Crippen molar-refractivity contribution >= 4 is 5.97 Å².